The van der Waals surface area contributed by atoms with Crippen molar-refractivity contribution in [3.05, 3.63) is 77.2 Å². The van der Waals surface area contributed by atoms with Crippen LogP contribution in [0.5, 0.6) is 11.6 Å². The molecule has 0 unspecified atom stereocenters. The predicted molar refractivity (Wildman–Crippen MR) is 94.2 cm³/mol. The molecule has 8 heteroatoms. The highest BCUT2D eigenvalue weighted by Gasteiger charge is 2.34. The Morgan fingerprint density at radius 1 is 1.00 bits per heavy atom. The number of alkyl halides is 3. The van der Waals surface area contributed by atoms with Gasteiger partial charge in [0.05, 0.1) is 0 Å². The van der Waals surface area contributed by atoms with Gasteiger partial charge in [0.25, 0.3) is 0 Å². The number of aryl methyl sites for hydroxylation is 1. The maximum Gasteiger partial charge on any atom is 0.433 e. The van der Waals surface area contributed by atoms with E-state index >= 15 is 0 Å². The third-order valence-electron chi connectivity index (χ3n) is 3.64. The minimum atomic E-state index is -4.67. The van der Waals surface area contributed by atoms with E-state index in [1.165, 1.54) is 18.2 Å². The number of para-hydroxylation sites is 1. The van der Waals surface area contributed by atoms with Gasteiger partial charge < -0.3 is 4.74 Å². The van der Waals surface area contributed by atoms with Gasteiger partial charge in [-0.15, -0.1) is 0 Å². The Hall–Kier alpha value is -2.61. The van der Waals surface area contributed by atoms with Crippen LogP contribution in [0.2, 0.25) is 0 Å². The van der Waals surface area contributed by atoms with Crippen LogP contribution in [0.25, 0.3) is 0 Å². The molecule has 0 N–H and O–H groups in total. The second kappa shape index (κ2) is 7.96. The fourth-order valence-electron chi connectivity index (χ4n) is 2.22. The summed E-state index contributed by atoms with van der Waals surface area (Å²) in [5.41, 5.74) is 0.830. The van der Waals surface area contributed by atoms with Crippen molar-refractivity contribution in [1.29, 1.82) is 0 Å². The second-order valence-corrected chi connectivity index (χ2v) is 6.56. The van der Waals surface area contributed by atoms with Gasteiger partial charge in [0.15, 0.2) is 22.4 Å². The van der Waals surface area contributed by atoms with Crippen LogP contribution in [0, 0.1) is 12.7 Å². The van der Waals surface area contributed by atoms with E-state index in [1.807, 2.05) is 31.2 Å². The summed E-state index contributed by atoms with van der Waals surface area (Å²) in [6.45, 7) is 1.91. The Kier molecular flexibility index (Phi) is 5.65. The third-order valence-corrected chi connectivity index (χ3v) is 4.54. The lowest BCUT2D eigenvalue weighted by molar-refractivity contribution is -0.141. The minimum absolute atomic E-state index is 0.0978. The fourth-order valence-corrected chi connectivity index (χ4v) is 3.15. The lowest BCUT2D eigenvalue weighted by atomic mass is 10.1. The molecule has 0 aliphatic carbocycles. The first-order valence-corrected chi connectivity index (χ1v) is 8.87. The highest BCUT2D eigenvalue weighted by Crippen LogP contribution is 2.33. The Bertz CT molecular complexity index is 947. The van der Waals surface area contributed by atoms with Crippen LogP contribution in [-0.2, 0) is 11.9 Å². The molecule has 140 valence electrons. The SMILES string of the molecule is Cc1ccccc1CSc1nc(Oc2ccccc2F)cc(C(F)(F)F)n1. The maximum atomic E-state index is 13.7. The zero-order chi connectivity index (χ0) is 19.4. The first-order valence-electron chi connectivity index (χ1n) is 7.89. The number of thioether (sulfide) groups is 1. The van der Waals surface area contributed by atoms with E-state index in [9.17, 15) is 17.6 Å². The van der Waals surface area contributed by atoms with Crippen LogP contribution in [0.3, 0.4) is 0 Å². The lowest BCUT2D eigenvalue weighted by Gasteiger charge is -2.11. The molecule has 0 amide bonds. The standard InChI is InChI=1S/C19H14F4N2OS/c1-12-6-2-3-7-13(12)11-27-18-24-16(19(21,22)23)10-17(25-18)26-15-9-5-4-8-14(15)20/h2-10H,11H2,1H3. The first-order chi connectivity index (χ1) is 12.8. The van der Waals surface area contributed by atoms with E-state index in [-0.39, 0.29) is 16.8 Å². The molecule has 0 saturated carbocycles. The molecule has 0 bridgehead atoms. The molecule has 1 aromatic heterocycles. The minimum Gasteiger partial charge on any atom is -0.436 e. The highest BCUT2D eigenvalue weighted by molar-refractivity contribution is 7.98. The molecule has 0 aliphatic heterocycles. The quantitative estimate of drug-likeness (QED) is 0.301. The summed E-state index contributed by atoms with van der Waals surface area (Å²) >= 11 is 1.05. The Labute approximate surface area is 157 Å². The number of aromatic nitrogens is 2. The molecule has 0 fully saturated rings. The van der Waals surface area contributed by atoms with E-state index in [4.69, 9.17) is 4.74 Å². The molecule has 0 saturated heterocycles. The van der Waals surface area contributed by atoms with Gasteiger partial charge in [-0.05, 0) is 30.2 Å². The number of nitrogens with zero attached hydrogens (tertiary/aromatic N) is 2. The molecule has 27 heavy (non-hydrogen) atoms. The number of hydrogen-bond donors (Lipinski definition) is 0. The van der Waals surface area contributed by atoms with Crippen molar-refractivity contribution in [3.8, 4) is 11.6 Å². The zero-order valence-corrected chi connectivity index (χ0v) is 14.9. The van der Waals surface area contributed by atoms with Crippen molar-refractivity contribution < 1.29 is 22.3 Å². The average molecular weight is 394 g/mol. The zero-order valence-electron chi connectivity index (χ0n) is 14.1. The van der Waals surface area contributed by atoms with Gasteiger partial charge >= 0.3 is 6.18 Å². The number of halogens is 4. The normalized spacial score (nSPS) is 11.4. The van der Waals surface area contributed by atoms with Crippen molar-refractivity contribution >= 4 is 11.8 Å². The number of rotatable bonds is 5. The van der Waals surface area contributed by atoms with Crippen LogP contribution in [0.4, 0.5) is 17.6 Å². The number of benzene rings is 2. The van der Waals surface area contributed by atoms with Gasteiger partial charge in [-0.1, -0.05) is 48.2 Å². The summed E-state index contributed by atoms with van der Waals surface area (Å²) in [5, 5.41) is -0.0978. The van der Waals surface area contributed by atoms with Crippen LogP contribution in [0.15, 0.2) is 59.8 Å². The number of hydrogen-bond acceptors (Lipinski definition) is 4. The molecular formula is C19H14F4N2OS. The van der Waals surface area contributed by atoms with Gasteiger partial charge in [0.2, 0.25) is 5.88 Å². The van der Waals surface area contributed by atoms with Crippen LogP contribution in [0.1, 0.15) is 16.8 Å². The van der Waals surface area contributed by atoms with E-state index in [2.05, 4.69) is 9.97 Å². The largest absolute Gasteiger partial charge is 0.436 e. The fraction of sp³-hybridized carbons (Fsp3) is 0.158. The highest BCUT2D eigenvalue weighted by atomic mass is 32.2. The van der Waals surface area contributed by atoms with E-state index in [1.54, 1.807) is 0 Å². The molecule has 1 heterocycles. The third kappa shape index (κ3) is 4.97. The average Bonchev–Trinajstić information content (AvgIpc) is 2.62. The van der Waals surface area contributed by atoms with Gasteiger partial charge in [-0.25, -0.2) is 9.37 Å². The molecule has 0 spiro atoms. The van der Waals surface area contributed by atoms with Crippen molar-refractivity contribution in [1.82, 2.24) is 9.97 Å². The Morgan fingerprint density at radius 2 is 1.70 bits per heavy atom. The number of ether oxygens (including phenoxy) is 1. The van der Waals surface area contributed by atoms with E-state index in [0.717, 1.165) is 29.0 Å². The summed E-state index contributed by atoms with van der Waals surface area (Å²) in [7, 11) is 0. The topological polar surface area (TPSA) is 35.0 Å². The van der Waals surface area contributed by atoms with Crippen LogP contribution >= 0.6 is 11.8 Å². The van der Waals surface area contributed by atoms with Gasteiger partial charge in [-0.3, -0.25) is 0 Å². The van der Waals surface area contributed by atoms with Gasteiger partial charge in [-0.2, -0.15) is 18.2 Å². The molecule has 0 aliphatic rings. The summed E-state index contributed by atoms with van der Waals surface area (Å²) < 4.78 is 58.4. The smallest absolute Gasteiger partial charge is 0.433 e. The lowest BCUT2D eigenvalue weighted by Crippen LogP contribution is -2.10. The summed E-state index contributed by atoms with van der Waals surface area (Å²) in [6.07, 6.45) is -4.67. The van der Waals surface area contributed by atoms with Crippen molar-refractivity contribution in [2.75, 3.05) is 0 Å². The predicted octanol–water partition coefficient (Wildman–Crippen LogP) is 6.03. The molecule has 3 rings (SSSR count). The van der Waals surface area contributed by atoms with Crippen LogP contribution in [-0.4, -0.2) is 9.97 Å². The molecular weight excluding hydrogens is 380 g/mol. The van der Waals surface area contributed by atoms with E-state index in [0.29, 0.717) is 11.8 Å². The van der Waals surface area contributed by atoms with Crippen molar-refractivity contribution in [2.24, 2.45) is 0 Å². The first kappa shape index (κ1) is 19.2. The maximum absolute atomic E-state index is 13.7. The Balaban J connectivity index is 1.89. The van der Waals surface area contributed by atoms with Crippen molar-refractivity contribution in [3.63, 3.8) is 0 Å². The van der Waals surface area contributed by atoms with Gasteiger partial charge in [0.1, 0.15) is 0 Å². The monoisotopic (exact) mass is 394 g/mol. The molecule has 3 nitrogen and oxygen atoms in total. The molecule has 0 atom stereocenters. The molecule has 0 radical (unpaired) electrons. The second-order valence-electron chi connectivity index (χ2n) is 5.62. The summed E-state index contributed by atoms with van der Waals surface area (Å²) in [4.78, 5) is 7.56. The van der Waals surface area contributed by atoms with Crippen molar-refractivity contribution in [2.45, 2.75) is 24.0 Å². The molecule has 3 aromatic rings. The van der Waals surface area contributed by atoms with Gasteiger partial charge in [0, 0.05) is 11.8 Å². The van der Waals surface area contributed by atoms with E-state index < -0.39 is 17.7 Å². The summed E-state index contributed by atoms with van der Waals surface area (Å²) in [6, 6.07) is 13.6. The summed E-state index contributed by atoms with van der Waals surface area (Å²) in [5.74, 6) is -0.875. The van der Waals surface area contributed by atoms with Crippen LogP contribution < -0.4 is 4.74 Å². The Morgan fingerprint density at radius 3 is 2.41 bits per heavy atom. The molecule has 2 aromatic carbocycles.